The predicted molar refractivity (Wildman–Crippen MR) is 62.7 cm³/mol. The molecule has 0 unspecified atom stereocenters. The Morgan fingerprint density at radius 1 is 1.33 bits per heavy atom. The summed E-state index contributed by atoms with van der Waals surface area (Å²) in [6.45, 7) is 4.53. The number of aromatic amines is 1. The van der Waals surface area contributed by atoms with E-state index in [2.05, 4.69) is 21.7 Å². The minimum Gasteiger partial charge on any atom is -0.364 e. The highest BCUT2D eigenvalue weighted by atomic mass is 14.9. The third-order valence-corrected chi connectivity index (χ3v) is 3.17. The van der Waals surface area contributed by atoms with Gasteiger partial charge >= 0.3 is 0 Å². The first-order chi connectivity index (χ1) is 7.45. The van der Waals surface area contributed by atoms with E-state index in [1.54, 1.807) is 0 Å². The molecule has 84 valence electrons. The van der Waals surface area contributed by atoms with Gasteiger partial charge in [-0.05, 0) is 56.9 Å². The molecule has 3 heteroatoms. The highest BCUT2D eigenvalue weighted by Gasteiger charge is 2.11. The fourth-order valence-electron chi connectivity index (χ4n) is 2.18. The van der Waals surface area contributed by atoms with Crippen LogP contribution in [0.4, 0.5) is 0 Å². The summed E-state index contributed by atoms with van der Waals surface area (Å²) in [4.78, 5) is 3.20. The summed E-state index contributed by atoms with van der Waals surface area (Å²) in [6, 6.07) is 4.17. The molecule has 0 atom stereocenters. The highest BCUT2D eigenvalue weighted by Crippen LogP contribution is 2.14. The van der Waals surface area contributed by atoms with Crippen LogP contribution in [-0.4, -0.2) is 24.6 Å². The van der Waals surface area contributed by atoms with Gasteiger partial charge in [0.15, 0.2) is 0 Å². The van der Waals surface area contributed by atoms with Gasteiger partial charge in [-0.15, -0.1) is 0 Å². The third kappa shape index (κ3) is 3.68. The summed E-state index contributed by atoms with van der Waals surface area (Å²) >= 11 is 0. The Morgan fingerprint density at radius 3 is 2.93 bits per heavy atom. The van der Waals surface area contributed by atoms with Crippen LogP contribution in [0.25, 0.3) is 0 Å². The van der Waals surface area contributed by atoms with Gasteiger partial charge in [-0.1, -0.05) is 0 Å². The number of H-pyrrole nitrogens is 1. The van der Waals surface area contributed by atoms with Crippen LogP contribution < -0.4 is 10.6 Å². The molecule has 0 aliphatic carbocycles. The van der Waals surface area contributed by atoms with E-state index in [4.69, 9.17) is 0 Å². The van der Waals surface area contributed by atoms with Crippen LogP contribution in [0.15, 0.2) is 18.3 Å². The zero-order chi connectivity index (χ0) is 10.3. The molecule has 1 aromatic rings. The lowest BCUT2D eigenvalue weighted by Crippen LogP contribution is -2.29. The van der Waals surface area contributed by atoms with Gasteiger partial charge in [-0.3, -0.25) is 0 Å². The lowest BCUT2D eigenvalue weighted by atomic mass is 9.95. The smallest absolute Gasteiger partial charge is 0.0357 e. The predicted octanol–water partition coefficient (Wildman–Crippen LogP) is 1.49. The molecule has 0 bridgehead atoms. The normalized spacial score (nSPS) is 18.1. The lowest BCUT2D eigenvalue weighted by Gasteiger charge is -2.22. The maximum Gasteiger partial charge on any atom is 0.0357 e. The van der Waals surface area contributed by atoms with Crippen molar-refractivity contribution in [1.82, 2.24) is 15.6 Å². The Kier molecular flexibility index (Phi) is 4.23. The fraction of sp³-hybridized carbons (Fsp3) is 0.667. The Balaban J connectivity index is 1.54. The van der Waals surface area contributed by atoms with Crippen molar-refractivity contribution in [2.24, 2.45) is 5.92 Å². The minimum atomic E-state index is 0.933. The second-order valence-electron chi connectivity index (χ2n) is 4.35. The molecule has 1 aromatic heterocycles. The number of nitrogens with one attached hydrogen (secondary N) is 3. The fourth-order valence-corrected chi connectivity index (χ4v) is 2.18. The van der Waals surface area contributed by atoms with Crippen LogP contribution in [0.5, 0.6) is 0 Å². The number of hydrogen-bond acceptors (Lipinski definition) is 2. The van der Waals surface area contributed by atoms with E-state index in [1.165, 1.54) is 38.0 Å². The van der Waals surface area contributed by atoms with E-state index in [1.807, 2.05) is 12.3 Å². The molecule has 2 rings (SSSR count). The van der Waals surface area contributed by atoms with Crippen molar-refractivity contribution < 1.29 is 0 Å². The summed E-state index contributed by atoms with van der Waals surface area (Å²) in [5.41, 5.74) is 1.28. The Bertz CT molecular complexity index is 250. The average Bonchev–Trinajstić information content (AvgIpc) is 2.79. The molecule has 15 heavy (non-hydrogen) atoms. The van der Waals surface area contributed by atoms with Crippen molar-refractivity contribution in [3.05, 3.63) is 24.0 Å². The van der Waals surface area contributed by atoms with Crippen molar-refractivity contribution >= 4 is 0 Å². The molecular weight excluding hydrogens is 186 g/mol. The standard InChI is InChI=1S/C12H21N3/c1-2-12(15-6-1)10-14-9-5-11-3-7-13-8-4-11/h1-2,6,11,13-15H,3-5,7-10H2. The first-order valence-corrected chi connectivity index (χ1v) is 5.99. The molecule has 1 saturated heterocycles. The number of rotatable bonds is 5. The Morgan fingerprint density at radius 2 is 2.20 bits per heavy atom. The first-order valence-electron chi connectivity index (χ1n) is 5.99. The second kappa shape index (κ2) is 5.93. The topological polar surface area (TPSA) is 39.9 Å². The van der Waals surface area contributed by atoms with Crippen LogP contribution in [0.2, 0.25) is 0 Å². The number of aromatic nitrogens is 1. The lowest BCUT2D eigenvalue weighted by molar-refractivity contribution is 0.348. The van der Waals surface area contributed by atoms with E-state index >= 15 is 0 Å². The van der Waals surface area contributed by atoms with E-state index in [0.717, 1.165) is 19.0 Å². The molecule has 0 amide bonds. The zero-order valence-corrected chi connectivity index (χ0v) is 9.26. The zero-order valence-electron chi connectivity index (χ0n) is 9.26. The molecule has 1 fully saturated rings. The highest BCUT2D eigenvalue weighted by molar-refractivity contribution is 5.02. The molecule has 1 aliphatic heterocycles. The molecule has 3 nitrogen and oxygen atoms in total. The molecule has 0 aromatic carbocycles. The van der Waals surface area contributed by atoms with Gasteiger partial charge in [-0.25, -0.2) is 0 Å². The molecule has 0 saturated carbocycles. The monoisotopic (exact) mass is 207 g/mol. The maximum absolute atomic E-state index is 3.48. The van der Waals surface area contributed by atoms with Crippen molar-refractivity contribution in [1.29, 1.82) is 0 Å². The molecule has 0 radical (unpaired) electrons. The van der Waals surface area contributed by atoms with Crippen molar-refractivity contribution in [3.8, 4) is 0 Å². The summed E-state index contributed by atoms with van der Waals surface area (Å²) in [5, 5.41) is 6.89. The third-order valence-electron chi connectivity index (χ3n) is 3.17. The van der Waals surface area contributed by atoms with E-state index in [9.17, 15) is 0 Å². The molecule has 1 aliphatic rings. The van der Waals surface area contributed by atoms with Gasteiger partial charge in [-0.2, -0.15) is 0 Å². The van der Waals surface area contributed by atoms with Crippen LogP contribution in [0.3, 0.4) is 0 Å². The average molecular weight is 207 g/mol. The molecular formula is C12H21N3. The van der Waals surface area contributed by atoms with E-state index < -0.39 is 0 Å². The van der Waals surface area contributed by atoms with E-state index in [-0.39, 0.29) is 0 Å². The molecule has 0 spiro atoms. The minimum absolute atomic E-state index is 0.933. The van der Waals surface area contributed by atoms with Crippen LogP contribution in [0, 0.1) is 5.92 Å². The van der Waals surface area contributed by atoms with Crippen molar-refractivity contribution in [2.75, 3.05) is 19.6 Å². The maximum atomic E-state index is 3.48. The van der Waals surface area contributed by atoms with Gasteiger partial charge in [0.25, 0.3) is 0 Å². The van der Waals surface area contributed by atoms with Crippen LogP contribution in [0.1, 0.15) is 25.0 Å². The Hall–Kier alpha value is -0.800. The summed E-state index contributed by atoms with van der Waals surface area (Å²) < 4.78 is 0. The summed E-state index contributed by atoms with van der Waals surface area (Å²) in [7, 11) is 0. The quantitative estimate of drug-likeness (QED) is 0.640. The van der Waals surface area contributed by atoms with Crippen molar-refractivity contribution in [3.63, 3.8) is 0 Å². The van der Waals surface area contributed by atoms with Gasteiger partial charge in [0.1, 0.15) is 0 Å². The van der Waals surface area contributed by atoms with Crippen LogP contribution >= 0.6 is 0 Å². The number of piperidine rings is 1. The second-order valence-corrected chi connectivity index (χ2v) is 4.35. The summed E-state index contributed by atoms with van der Waals surface area (Å²) in [6.07, 6.45) is 6.00. The van der Waals surface area contributed by atoms with Crippen LogP contribution in [-0.2, 0) is 6.54 Å². The van der Waals surface area contributed by atoms with Gasteiger partial charge in [0.05, 0.1) is 0 Å². The van der Waals surface area contributed by atoms with Gasteiger partial charge in [0.2, 0.25) is 0 Å². The summed E-state index contributed by atoms with van der Waals surface area (Å²) in [5.74, 6) is 0.933. The molecule has 3 N–H and O–H groups in total. The first kappa shape index (κ1) is 10.7. The largest absolute Gasteiger partial charge is 0.364 e. The molecule has 2 heterocycles. The SMILES string of the molecule is c1c[nH]c(CNCCC2CCNCC2)c1. The van der Waals surface area contributed by atoms with Gasteiger partial charge in [0, 0.05) is 18.4 Å². The van der Waals surface area contributed by atoms with Crippen molar-refractivity contribution in [2.45, 2.75) is 25.8 Å². The number of hydrogen-bond donors (Lipinski definition) is 3. The van der Waals surface area contributed by atoms with E-state index in [0.29, 0.717) is 0 Å². The van der Waals surface area contributed by atoms with Gasteiger partial charge < -0.3 is 15.6 Å². The Labute approximate surface area is 91.7 Å².